The first-order chi connectivity index (χ1) is 39.4. The molecule has 90 heavy (non-hydrogen) atoms. The van der Waals surface area contributed by atoms with Crippen molar-refractivity contribution in [2.24, 2.45) is 29.4 Å². The fourth-order valence-corrected chi connectivity index (χ4v) is 18.6. The van der Waals surface area contributed by atoms with Crippen LogP contribution in [0.3, 0.4) is 0 Å². The van der Waals surface area contributed by atoms with E-state index in [0.717, 1.165) is 0 Å². The molecule has 0 saturated heterocycles. The van der Waals surface area contributed by atoms with E-state index >= 15 is 0 Å². The lowest BCUT2D eigenvalue weighted by molar-refractivity contribution is -0.128. The van der Waals surface area contributed by atoms with E-state index in [9.17, 15) is 110 Å². The molecule has 8 unspecified atom stereocenters. The second-order valence-corrected chi connectivity index (χ2v) is 41.0. The van der Waals surface area contributed by atoms with Crippen LogP contribution in [0.4, 0.5) is 0 Å². The molecule has 9 atom stereocenters. The van der Waals surface area contributed by atoms with Crippen LogP contribution in [0.5, 0.6) is 0 Å². The minimum atomic E-state index is -5.25. The number of nitrogens with one attached hydrogen (secondary N) is 4. The van der Waals surface area contributed by atoms with Crippen molar-refractivity contribution in [1.82, 2.24) is 21.3 Å². The molecule has 4 amide bonds. The highest BCUT2D eigenvalue weighted by molar-refractivity contribution is 7.76. The van der Waals surface area contributed by atoms with Crippen molar-refractivity contribution in [3.63, 3.8) is 0 Å². The van der Waals surface area contributed by atoms with Crippen molar-refractivity contribution in [2.75, 3.05) is 52.8 Å². The molecule has 0 aromatic carbocycles. The quantitative estimate of drug-likeness (QED) is 0.0311. The summed E-state index contributed by atoms with van der Waals surface area (Å²) in [6.07, 6.45) is -3.03. The Balaban J connectivity index is -0.000000357. The minimum absolute atomic E-state index is 0. The average molecular weight is 1470 g/mol. The summed E-state index contributed by atoms with van der Waals surface area (Å²) in [5.74, 6) is -2.87. The Kier molecular flexibility index (Phi) is 42.9. The molecule has 0 aliphatic carbocycles. The maximum Gasteiger partial charge on any atom is 0.366 e. The van der Waals surface area contributed by atoms with Gasteiger partial charge in [0.2, 0.25) is 73.4 Å². The highest BCUT2D eigenvalue weighted by Gasteiger charge is 2.59. The average Bonchev–Trinajstić information content (AvgIpc) is 0.828. The molecule has 0 saturated carbocycles. The van der Waals surface area contributed by atoms with E-state index in [0.29, 0.717) is 26.7 Å². The number of rotatable bonds is 37. The number of hydrogen-bond donors (Lipinski definition) is 21. The van der Waals surface area contributed by atoms with E-state index < -0.39 is 130 Å². The summed E-state index contributed by atoms with van der Waals surface area (Å²) < 4.78 is 91.1. The molecule has 36 nitrogen and oxygen atoms in total. The molecule has 0 aromatic rings. The fourth-order valence-electron chi connectivity index (χ4n) is 6.81. The van der Waals surface area contributed by atoms with Gasteiger partial charge in [-0.25, -0.2) is 0 Å². The van der Waals surface area contributed by atoms with Gasteiger partial charge >= 0.3 is 30.4 Å². The molecule has 44 heteroatoms. The van der Waals surface area contributed by atoms with Gasteiger partial charge in [-0.3, -0.25) is 70.1 Å². The van der Waals surface area contributed by atoms with E-state index in [2.05, 4.69) is 21.3 Å². The fraction of sp³-hybridized carbons (Fsp3) is 0.848. The summed E-state index contributed by atoms with van der Waals surface area (Å²) in [5, 5.41) is 37.0. The number of Topliss-reactive ketones (excluding diaryl/α,β-unsaturated/α-hetero) is 3. The first-order valence-corrected chi connectivity index (χ1v) is 42.0. The summed E-state index contributed by atoms with van der Waals surface area (Å²) in [6, 6.07) is -0.953. The van der Waals surface area contributed by atoms with Gasteiger partial charge < -0.3 is 106 Å². The van der Waals surface area contributed by atoms with Gasteiger partial charge in [0.25, 0.3) is 0 Å². The SMILES string of the molecule is C.CC(C)C(=O)CCC(=O)NCCCC(O)(P(C)(=O)O)P(=O)(O)O.CC(C)C(=O)CCC(=O)NCCCC(O)(P(C)(=O)O)P(=O)(O)O.CC(C)C(=O)NCCCC(O)(P(C)(=O)O)P(=O)(O)O.CC(C)C(=O)[C@@H](N)CC(=O)NCCCC(O)(P(C)(=O)O)P(=O)(O)O. The molecule has 0 aliphatic heterocycles. The zero-order valence-corrected chi connectivity index (χ0v) is 59.0. The molecule has 0 aliphatic rings. The summed E-state index contributed by atoms with van der Waals surface area (Å²) in [7, 11) is -38.7. The van der Waals surface area contributed by atoms with Crippen LogP contribution in [-0.2, 0) is 70.1 Å². The number of carbonyl (C=O) groups is 7. The molecular weight excluding hydrogens is 1370 g/mol. The van der Waals surface area contributed by atoms with Crippen LogP contribution in [-0.4, -0.2) is 199 Å². The third-order valence-electron chi connectivity index (χ3n) is 12.9. The highest BCUT2D eigenvalue weighted by atomic mass is 31.2. The van der Waals surface area contributed by atoms with E-state index in [1.807, 2.05) is 0 Å². The van der Waals surface area contributed by atoms with Crippen LogP contribution in [0.25, 0.3) is 0 Å². The first-order valence-electron chi connectivity index (χ1n) is 27.2. The Bertz CT molecular complexity index is 2550. The zero-order chi connectivity index (χ0) is 71.8. The molecule has 0 spiro atoms. The molecule has 0 heterocycles. The highest BCUT2D eigenvalue weighted by Crippen LogP contribution is 2.72. The van der Waals surface area contributed by atoms with Crippen LogP contribution in [0, 0.1) is 23.7 Å². The molecule has 0 rings (SSSR count). The van der Waals surface area contributed by atoms with Crippen molar-refractivity contribution in [1.29, 1.82) is 0 Å². The summed E-state index contributed by atoms with van der Waals surface area (Å²) >= 11 is 0. The Morgan fingerprint density at radius 1 is 0.367 bits per heavy atom. The van der Waals surface area contributed by atoms with Crippen molar-refractivity contribution >= 4 is 101 Å². The Morgan fingerprint density at radius 3 is 0.778 bits per heavy atom. The lowest BCUT2D eigenvalue weighted by Gasteiger charge is -2.30. The van der Waals surface area contributed by atoms with E-state index in [1.54, 1.807) is 55.4 Å². The maximum absolute atomic E-state index is 11.6. The Hall–Kier alpha value is -1.95. The van der Waals surface area contributed by atoms with Crippen LogP contribution in [0.1, 0.15) is 146 Å². The molecule has 0 bridgehead atoms. The van der Waals surface area contributed by atoms with E-state index in [-0.39, 0.29) is 138 Å². The number of nitrogens with two attached hydrogens (primary N) is 1. The topological polar surface area (TPSA) is 654 Å². The molecule has 0 aromatic heterocycles. The zero-order valence-electron chi connectivity index (χ0n) is 51.8. The number of hydrogen-bond acceptors (Lipinski definition) is 20. The standard InChI is InChI=1S/C12H26N2O8P2.2C12H25NO8P2.C9H21NO7P2.CH4/c1-8(2)11(16)9(13)7-10(15)14-6-4-5-12(17,23(3,18)19)24(20,21)22;2*1-9(2)10(14)5-6-11(15)13-8-4-7-12(16,22(3,17)18)23(19,20)21;1-7(2)8(11)10-6-4-5-9(12,18(3,13)14)19(15,16)17;/h8-9,17H,4-7,13H2,1-3H3,(H,14,15)(H,18,19)(H2,20,21,22);2*9,16H,4-8H2,1-3H3,(H,13,15)(H,17,18)(H2,19,20,21);7,12H,4-6H2,1-3H3,(H,10,11)(H,13,14)(H2,15,16,17);1H4/t9-,12?;;;;/m0..../s1. The van der Waals surface area contributed by atoms with Crippen LogP contribution < -0.4 is 27.0 Å². The smallest absolute Gasteiger partial charge is 0.366 e. The van der Waals surface area contributed by atoms with Crippen LogP contribution >= 0.6 is 59.9 Å². The number of aliphatic hydroxyl groups is 4. The molecule has 536 valence electrons. The van der Waals surface area contributed by atoms with Gasteiger partial charge in [-0.15, -0.1) is 0 Å². The van der Waals surface area contributed by atoms with Gasteiger partial charge in [-0.05, 0) is 51.4 Å². The van der Waals surface area contributed by atoms with Crippen molar-refractivity contribution < 1.29 is 149 Å². The monoisotopic (exact) mass is 1470 g/mol. The van der Waals surface area contributed by atoms with E-state index in [4.69, 9.17) is 44.9 Å². The van der Waals surface area contributed by atoms with Crippen LogP contribution in [0.15, 0.2) is 0 Å². The van der Waals surface area contributed by atoms with E-state index in [1.165, 1.54) is 0 Å². The third-order valence-corrected chi connectivity index (χ3v) is 31.3. The second kappa shape index (κ2) is 39.9. The third kappa shape index (κ3) is 33.6. The second-order valence-electron chi connectivity index (χ2n) is 22.3. The van der Waals surface area contributed by atoms with Crippen molar-refractivity contribution in [2.45, 2.75) is 173 Å². The summed E-state index contributed by atoms with van der Waals surface area (Å²) in [6.45, 7) is 16.1. The largest absolute Gasteiger partial charge is 0.369 e. The van der Waals surface area contributed by atoms with Gasteiger partial charge in [-0.1, -0.05) is 62.8 Å². The van der Waals surface area contributed by atoms with Crippen molar-refractivity contribution in [3.05, 3.63) is 0 Å². The predicted molar refractivity (Wildman–Crippen MR) is 332 cm³/mol. The maximum atomic E-state index is 11.6. The first kappa shape index (κ1) is 96.7. The number of carbonyl (C=O) groups excluding carboxylic acids is 7. The molecule has 0 radical (unpaired) electrons. The lowest BCUT2D eigenvalue weighted by Crippen LogP contribution is -2.39. The van der Waals surface area contributed by atoms with Gasteiger partial charge in [0.1, 0.15) is 11.6 Å². The summed E-state index contributed by atoms with van der Waals surface area (Å²) in [5.41, 5.74) is 5.58. The van der Waals surface area contributed by atoms with Gasteiger partial charge in [0.05, 0.1) is 6.04 Å². The number of amides is 4. The lowest BCUT2D eigenvalue weighted by atomic mass is 10.00. The Morgan fingerprint density at radius 2 is 0.589 bits per heavy atom. The summed E-state index contributed by atoms with van der Waals surface area (Å²) in [4.78, 5) is 190. The van der Waals surface area contributed by atoms with Crippen LogP contribution in [0.2, 0.25) is 0 Å². The minimum Gasteiger partial charge on any atom is -0.369 e. The molecular formula is C46H101N5O31P8. The van der Waals surface area contributed by atoms with Crippen molar-refractivity contribution in [3.8, 4) is 0 Å². The molecule has 0 fully saturated rings. The molecule has 22 N–H and O–H groups in total. The normalized spacial score (nSPS) is 17.8. The number of ketones is 3. The van der Waals surface area contributed by atoms with Gasteiger partial charge in [0.15, 0.2) is 5.78 Å². The predicted octanol–water partition coefficient (Wildman–Crippen LogP) is 1.67. The van der Waals surface area contributed by atoms with Gasteiger partial charge in [-0.2, -0.15) is 0 Å². The Labute approximate surface area is 524 Å². The van der Waals surface area contributed by atoms with Gasteiger partial charge in [0, 0.05) is 109 Å².